The van der Waals surface area contributed by atoms with Crippen LogP contribution >= 0.6 is 24.4 Å². The normalized spacial score (nSPS) is 10.9. The molecule has 0 unspecified atom stereocenters. The summed E-state index contributed by atoms with van der Waals surface area (Å²) in [5.41, 5.74) is 0.140. The van der Waals surface area contributed by atoms with Crippen molar-refractivity contribution in [1.29, 1.82) is 0 Å². The van der Waals surface area contributed by atoms with E-state index in [9.17, 15) is 25.9 Å². The summed E-state index contributed by atoms with van der Waals surface area (Å²) in [7, 11) is -9.74. The Morgan fingerprint density at radius 3 is 1.33 bits per heavy atom. The maximum absolute atomic E-state index is 11.5. The Labute approximate surface area is 228 Å². The predicted molar refractivity (Wildman–Crippen MR) is 107 cm³/mol. The number of hydrogen-bond donors (Lipinski definition) is 0. The summed E-state index contributed by atoms with van der Waals surface area (Å²) in [6, 6.07) is 7.34. The van der Waals surface area contributed by atoms with Crippen LogP contribution in [-0.4, -0.2) is 36.3 Å². The second-order valence-electron chi connectivity index (χ2n) is 5.09. The van der Waals surface area contributed by atoms with E-state index in [1.807, 2.05) is 0 Å². The number of nitrogens with zero attached hydrogens (tertiary/aromatic N) is 2. The average molecular weight is 498 g/mol. The van der Waals surface area contributed by atoms with Crippen molar-refractivity contribution in [1.82, 2.24) is 0 Å². The predicted octanol–water partition coefficient (Wildman–Crippen LogP) is -2.86. The van der Waals surface area contributed by atoms with E-state index in [1.54, 1.807) is 0 Å². The van der Waals surface area contributed by atoms with Gasteiger partial charge in [-0.2, -0.15) is 9.98 Å². The van der Waals surface area contributed by atoms with Crippen LogP contribution in [0, 0.1) is 0 Å². The van der Waals surface area contributed by atoms with E-state index in [-0.39, 0.29) is 81.6 Å². The van der Waals surface area contributed by atoms with Gasteiger partial charge in [0.25, 0.3) is 0 Å². The molecule has 0 radical (unpaired) electrons. The van der Waals surface area contributed by atoms with Crippen molar-refractivity contribution >= 4 is 78.5 Å². The molecule has 0 amide bonds. The second-order valence-corrected chi connectivity index (χ2v) is 8.15. The van der Waals surface area contributed by atoms with E-state index in [0.717, 1.165) is 12.1 Å². The first-order chi connectivity index (χ1) is 13.1. The third-order valence-corrected chi connectivity index (χ3v) is 5.29. The van der Waals surface area contributed by atoms with Crippen LogP contribution < -0.4 is 59.1 Å². The Hall–Kier alpha value is -0.400. The van der Waals surface area contributed by atoms with Gasteiger partial charge in [0.2, 0.25) is 0 Å². The van der Waals surface area contributed by atoms with Gasteiger partial charge in [0, 0.05) is 0 Å². The van der Waals surface area contributed by atoms with Gasteiger partial charge in [-0.3, -0.25) is 0 Å². The molecule has 2 aromatic rings. The number of hydrogen-bond acceptors (Lipinski definition) is 10. The van der Waals surface area contributed by atoms with Gasteiger partial charge in [0.15, 0.2) is 0 Å². The van der Waals surface area contributed by atoms with Crippen molar-refractivity contribution in [3.8, 4) is 0 Å². The van der Waals surface area contributed by atoms with E-state index >= 15 is 0 Å². The Morgan fingerprint density at radius 2 is 1.07 bits per heavy atom. The molecule has 30 heavy (non-hydrogen) atoms. The van der Waals surface area contributed by atoms with Gasteiger partial charge >= 0.3 is 59.1 Å². The van der Waals surface area contributed by atoms with Crippen molar-refractivity contribution in [2.75, 3.05) is 0 Å². The van der Waals surface area contributed by atoms with Crippen LogP contribution in [0.1, 0.15) is 11.1 Å². The van der Waals surface area contributed by atoms with Crippen molar-refractivity contribution in [3.05, 3.63) is 47.5 Å². The van der Waals surface area contributed by atoms with Crippen molar-refractivity contribution in [3.63, 3.8) is 0 Å². The monoisotopic (exact) mass is 498 g/mol. The third kappa shape index (κ3) is 8.27. The molecule has 0 atom stereocenters. The maximum Gasteiger partial charge on any atom is 1.00 e. The maximum atomic E-state index is 11.5. The largest absolute Gasteiger partial charge is 1.00 e. The first-order valence-electron chi connectivity index (χ1n) is 7.10. The molecule has 0 heterocycles. The molecule has 0 saturated carbocycles. The number of rotatable bonds is 6. The second kappa shape index (κ2) is 12.6. The molecule has 0 aliphatic heterocycles. The third-order valence-electron chi connectivity index (χ3n) is 3.32. The van der Waals surface area contributed by atoms with Crippen LogP contribution in [0.5, 0.6) is 0 Å². The van der Waals surface area contributed by atoms with E-state index in [4.69, 9.17) is 0 Å². The molecule has 2 aromatic carbocycles. The van der Waals surface area contributed by atoms with Gasteiger partial charge in [-0.25, -0.2) is 16.8 Å². The Morgan fingerprint density at radius 1 is 0.733 bits per heavy atom. The van der Waals surface area contributed by atoms with Crippen LogP contribution in [0.3, 0.4) is 0 Å². The zero-order valence-electron chi connectivity index (χ0n) is 15.6. The van der Waals surface area contributed by atoms with Crippen LogP contribution in [0.15, 0.2) is 56.2 Å². The molecule has 0 saturated heterocycles. The summed E-state index contributed by atoms with van der Waals surface area (Å²) in [5.74, 6) is 0. The van der Waals surface area contributed by atoms with Crippen LogP contribution in [0.25, 0.3) is 12.2 Å². The van der Waals surface area contributed by atoms with Gasteiger partial charge in [0.1, 0.15) is 20.2 Å². The molecule has 8 nitrogen and oxygen atoms in total. The molecule has 0 fully saturated rings. The summed E-state index contributed by atoms with van der Waals surface area (Å²) in [5, 5.41) is 4.10. The molecule has 0 N–H and O–H groups in total. The van der Waals surface area contributed by atoms with Gasteiger partial charge < -0.3 is 9.11 Å². The average Bonchev–Trinajstić information content (AvgIpc) is 2.60. The van der Waals surface area contributed by atoms with E-state index in [1.165, 1.54) is 36.4 Å². The molecule has 0 aromatic heterocycles. The molecule has 144 valence electrons. The van der Waals surface area contributed by atoms with Gasteiger partial charge in [-0.15, -0.1) is 0 Å². The van der Waals surface area contributed by atoms with Crippen molar-refractivity contribution in [2.45, 2.75) is 9.79 Å². The van der Waals surface area contributed by atoms with Crippen LogP contribution in [-0.2, 0) is 20.2 Å². The number of isothiocyanates is 2. The molecule has 2 rings (SSSR count). The summed E-state index contributed by atoms with van der Waals surface area (Å²) in [4.78, 5) is 6.02. The molecular formula is C16H8N2Na2O6S4. The minimum atomic E-state index is -4.87. The SMILES string of the molecule is O=S(=O)([O-])c1cc(N=C=S)ccc1/C=C/c1ccc(N=C=S)cc1S(=O)(=O)[O-].[Na+].[Na+]. The van der Waals surface area contributed by atoms with Crippen LogP contribution in [0.2, 0.25) is 0 Å². The molecule has 0 bridgehead atoms. The molecule has 0 aliphatic carbocycles. The Kier molecular flexibility index (Phi) is 12.4. The molecule has 0 spiro atoms. The molecule has 0 aliphatic rings. The number of benzene rings is 2. The summed E-state index contributed by atoms with van der Waals surface area (Å²) >= 11 is 8.87. The fourth-order valence-corrected chi connectivity index (χ4v) is 3.77. The first-order valence-corrected chi connectivity index (χ1v) is 10.7. The molecule has 14 heteroatoms. The zero-order chi connectivity index (χ0) is 20.9. The first kappa shape index (κ1) is 29.6. The molecular weight excluding hydrogens is 490 g/mol. The van der Waals surface area contributed by atoms with E-state index in [2.05, 4.69) is 44.7 Å². The van der Waals surface area contributed by atoms with Gasteiger partial charge in [-0.05, 0) is 59.8 Å². The van der Waals surface area contributed by atoms with Crippen molar-refractivity contribution < 1.29 is 85.1 Å². The summed E-state index contributed by atoms with van der Waals surface area (Å²) < 4.78 is 69.1. The quantitative estimate of drug-likeness (QED) is 0.136. The minimum absolute atomic E-state index is 0. The smallest absolute Gasteiger partial charge is 0.744 e. The number of thiocarbonyl (C=S) groups is 2. The van der Waals surface area contributed by atoms with Gasteiger partial charge in [0.05, 0.1) is 31.5 Å². The zero-order valence-corrected chi connectivity index (χ0v) is 22.9. The topological polar surface area (TPSA) is 139 Å². The van der Waals surface area contributed by atoms with Crippen LogP contribution in [0.4, 0.5) is 11.4 Å². The summed E-state index contributed by atoms with van der Waals surface area (Å²) in [6.07, 6.45) is 2.36. The fourth-order valence-electron chi connectivity index (χ4n) is 2.18. The Balaban J connectivity index is 0.00000420. The Bertz CT molecular complexity index is 1180. The van der Waals surface area contributed by atoms with Gasteiger partial charge in [-0.1, -0.05) is 24.3 Å². The van der Waals surface area contributed by atoms with E-state index in [0.29, 0.717) is 0 Å². The number of aliphatic imine (C=N–C) groups is 2. The minimum Gasteiger partial charge on any atom is -0.744 e. The fraction of sp³-hybridized carbons (Fsp3) is 0. The van der Waals surface area contributed by atoms with Crippen molar-refractivity contribution in [2.24, 2.45) is 9.98 Å². The van der Waals surface area contributed by atoms with E-state index < -0.39 is 30.0 Å². The standard InChI is InChI=1S/C16H10N2O6S4.2Na/c19-27(20,21)15-7-13(17-9-25)5-3-11(15)1-2-12-4-6-14(18-10-26)8-16(12)28(22,23)24;;/h1-8H,(H,19,20,21)(H,22,23,24);;/q;2*+1/p-2/b2-1+;;. The summed E-state index contributed by atoms with van der Waals surface area (Å²) in [6.45, 7) is 0.